The van der Waals surface area contributed by atoms with E-state index < -0.39 is 22.5 Å². The van der Waals surface area contributed by atoms with Gasteiger partial charge < -0.3 is 25.2 Å². The van der Waals surface area contributed by atoms with Gasteiger partial charge in [0.25, 0.3) is 0 Å². The number of allylic oxidation sites excluding steroid dienone is 4. The maximum atomic E-state index is 14.8. The van der Waals surface area contributed by atoms with E-state index in [1.807, 2.05) is 49.1 Å². The third-order valence-corrected chi connectivity index (χ3v) is 14.6. The molecule has 3 fully saturated rings. The van der Waals surface area contributed by atoms with E-state index in [1.165, 1.54) is 4.88 Å². The molecule has 2 spiro atoms. The number of urea groups is 1. The number of rotatable bonds is 9. The van der Waals surface area contributed by atoms with Gasteiger partial charge in [-0.1, -0.05) is 38.1 Å². The number of aliphatic hydroxyl groups is 2. The monoisotopic (exact) mass is 672 g/mol. The molecule has 258 valence electrons. The Bertz CT molecular complexity index is 1620. The summed E-state index contributed by atoms with van der Waals surface area (Å²) < 4.78 is 5.40. The van der Waals surface area contributed by atoms with Gasteiger partial charge in [0, 0.05) is 44.8 Å². The van der Waals surface area contributed by atoms with Crippen molar-refractivity contribution in [2.24, 2.45) is 33.5 Å². The van der Waals surface area contributed by atoms with Crippen LogP contribution in [0.2, 0.25) is 0 Å². The predicted octanol–water partition coefficient (Wildman–Crippen LogP) is 7.19. The van der Waals surface area contributed by atoms with E-state index in [1.54, 1.807) is 18.4 Å². The summed E-state index contributed by atoms with van der Waals surface area (Å²) >= 11 is 1.69. The molecule has 48 heavy (non-hydrogen) atoms. The number of carbonyl (C=O) groups excluding carboxylic acids is 2. The zero-order valence-corrected chi connectivity index (χ0v) is 29.9. The molecule has 2 bridgehead atoms. The van der Waals surface area contributed by atoms with Crippen LogP contribution < -0.4 is 10.1 Å². The van der Waals surface area contributed by atoms with Gasteiger partial charge in [-0.3, -0.25) is 4.79 Å². The fourth-order valence-electron chi connectivity index (χ4n) is 11.1. The van der Waals surface area contributed by atoms with E-state index in [2.05, 4.69) is 48.8 Å². The molecule has 1 aromatic carbocycles. The molecule has 6 aliphatic carbocycles. The van der Waals surface area contributed by atoms with Crippen LogP contribution in [0.15, 0.2) is 65.6 Å². The summed E-state index contributed by atoms with van der Waals surface area (Å²) in [6.07, 6.45) is 12.6. The molecule has 1 aromatic heterocycles. The van der Waals surface area contributed by atoms with Crippen LogP contribution in [0.1, 0.15) is 87.9 Å². The van der Waals surface area contributed by atoms with E-state index in [9.17, 15) is 19.8 Å². The Morgan fingerprint density at radius 1 is 1.02 bits per heavy atom. The van der Waals surface area contributed by atoms with Crippen LogP contribution in [-0.2, 0) is 6.42 Å². The van der Waals surface area contributed by atoms with Crippen molar-refractivity contribution in [3.8, 4) is 5.75 Å². The number of hydrogen-bond acceptors (Lipinski definition) is 6. The Hall–Kier alpha value is -2.94. The highest BCUT2D eigenvalue weighted by molar-refractivity contribution is 7.09. The first-order chi connectivity index (χ1) is 22.8. The molecule has 0 radical (unpaired) electrons. The highest BCUT2D eigenvalue weighted by Gasteiger charge is 2.74. The van der Waals surface area contributed by atoms with Crippen molar-refractivity contribution in [1.82, 2.24) is 10.2 Å². The fraction of sp³-hybridized carbons (Fsp3) is 0.600. The summed E-state index contributed by atoms with van der Waals surface area (Å²) in [6, 6.07) is 11.4. The molecule has 8 heteroatoms. The number of nitrogens with zero attached hydrogens (tertiary/aromatic N) is 1. The zero-order chi connectivity index (χ0) is 34.1. The van der Waals surface area contributed by atoms with Crippen LogP contribution in [0.3, 0.4) is 0 Å². The molecule has 0 aliphatic heterocycles. The van der Waals surface area contributed by atoms with Crippen LogP contribution in [0.5, 0.6) is 5.75 Å². The third kappa shape index (κ3) is 4.87. The maximum Gasteiger partial charge on any atom is 0.317 e. The van der Waals surface area contributed by atoms with Crippen LogP contribution in [0, 0.1) is 33.5 Å². The summed E-state index contributed by atoms with van der Waals surface area (Å²) in [5.74, 6) is 0.971. The van der Waals surface area contributed by atoms with Gasteiger partial charge in [-0.2, -0.15) is 0 Å². The predicted molar refractivity (Wildman–Crippen MR) is 189 cm³/mol. The molecule has 1 unspecified atom stereocenters. The second-order valence-electron chi connectivity index (χ2n) is 16.2. The van der Waals surface area contributed by atoms with Gasteiger partial charge in [0.05, 0.1) is 25.4 Å². The topological polar surface area (TPSA) is 99.1 Å². The lowest BCUT2D eigenvalue weighted by Gasteiger charge is -2.71. The van der Waals surface area contributed by atoms with Gasteiger partial charge in [-0.05, 0) is 118 Å². The lowest BCUT2D eigenvalue weighted by molar-refractivity contribution is -0.174. The first-order valence-corrected chi connectivity index (χ1v) is 18.8. The number of fused-ring (bicyclic) bond motifs is 1. The lowest BCUT2D eigenvalue weighted by Crippen LogP contribution is -2.67. The number of aliphatic hydroxyl groups excluding tert-OH is 1. The minimum absolute atomic E-state index is 0.0149. The van der Waals surface area contributed by atoms with E-state index in [-0.39, 0.29) is 47.1 Å². The highest BCUT2D eigenvalue weighted by Crippen LogP contribution is 2.78. The SMILES string of the molecule is COc1ccc(C(=O)C2=C[C@@]34C=C[C@@]25[C@@H]2CC[C@@](O)(CN(CCc6cccs6)C(=O)NC(C)C)[C@@]2(C)CC[C@@H]5[C@@]3(C)CCC(O)C4)cc1. The summed E-state index contributed by atoms with van der Waals surface area (Å²) in [5, 5.41) is 29.0. The molecule has 0 saturated heterocycles. The smallest absolute Gasteiger partial charge is 0.317 e. The maximum absolute atomic E-state index is 14.8. The lowest BCUT2D eigenvalue weighted by atomic mass is 9.32. The average molecular weight is 673 g/mol. The number of ketones is 1. The number of hydrogen-bond donors (Lipinski definition) is 3. The molecule has 3 N–H and O–H groups in total. The first kappa shape index (κ1) is 33.6. The van der Waals surface area contributed by atoms with Gasteiger partial charge in [-0.15, -0.1) is 11.3 Å². The number of methoxy groups -OCH3 is 1. The van der Waals surface area contributed by atoms with Crippen LogP contribution in [0.4, 0.5) is 4.79 Å². The second-order valence-corrected chi connectivity index (χ2v) is 17.3. The Balaban J connectivity index is 1.29. The average Bonchev–Trinajstić information content (AvgIpc) is 3.68. The number of carbonyl (C=O) groups is 2. The van der Waals surface area contributed by atoms with Crippen LogP contribution >= 0.6 is 11.3 Å². The van der Waals surface area contributed by atoms with Crippen molar-refractivity contribution >= 4 is 23.2 Å². The minimum atomic E-state index is -1.11. The van der Waals surface area contributed by atoms with Gasteiger partial charge in [0.2, 0.25) is 0 Å². The summed E-state index contributed by atoms with van der Waals surface area (Å²) in [7, 11) is 1.63. The van der Waals surface area contributed by atoms with Crippen molar-refractivity contribution in [3.05, 3.63) is 76.0 Å². The van der Waals surface area contributed by atoms with Gasteiger partial charge in [0.1, 0.15) is 5.75 Å². The Morgan fingerprint density at radius 2 is 1.73 bits per heavy atom. The van der Waals surface area contributed by atoms with Gasteiger partial charge in [-0.25, -0.2) is 4.79 Å². The molecular weight excluding hydrogens is 621 g/mol. The van der Waals surface area contributed by atoms with Gasteiger partial charge in [0.15, 0.2) is 5.78 Å². The second kappa shape index (κ2) is 11.8. The molecule has 6 aliphatic rings. The van der Waals surface area contributed by atoms with Crippen molar-refractivity contribution in [1.29, 1.82) is 0 Å². The quantitative estimate of drug-likeness (QED) is 0.194. The summed E-state index contributed by atoms with van der Waals surface area (Å²) in [4.78, 5) is 31.5. The standard InChI is InChI=1S/C40H52N2O5S/c1-26(2)41-35(45)42(21-15-30-7-6-22-48-30)25-39(46)18-14-33-37(39,4)17-13-32-36(3)16-12-28(43)23-38(36)19-20-40(32,33)31(24-38)34(44)27-8-10-29(47-5)11-9-27/h6-11,19-20,22,24,26,28,32-33,43,46H,12-18,21,23,25H2,1-5H3,(H,41,45)/t28?,32-,33-,36-,37+,38+,39-,40-/m1/s1. The number of benzene rings is 1. The number of thiophene rings is 1. The van der Waals surface area contributed by atoms with E-state index in [0.29, 0.717) is 30.7 Å². The number of amides is 2. The summed E-state index contributed by atoms with van der Waals surface area (Å²) in [5.41, 5.74) is -1.20. The Labute approximate surface area is 289 Å². The number of ether oxygens (including phenoxy) is 1. The third-order valence-electron chi connectivity index (χ3n) is 13.7. The van der Waals surface area contributed by atoms with Crippen molar-refractivity contribution in [2.45, 2.75) is 96.8 Å². The Morgan fingerprint density at radius 3 is 2.42 bits per heavy atom. The number of nitrogens with one attached hydrogen (secondary N) is 1. The highest BCUT2D eigenvalue weighted by atomic mass is 32.1. The molecule has 1 heterocycles. The zero-order valence-electron chi connectivity index (χ0n) is 29.1. The van der Waals surface area contributed by atoms with Gasteiger partial charge >= 0.3 is 6.03 Å². The number of Topliss-reactive ketones (excluding diaryl/α,β-unsaturated/α-hetero) is 1. The molecule has 7 nitrogen and oxygen atoms in total. The molecule has 3 saturated carbocycles. The molecular formula is C40H52N2O5S. The summed E-state index contributed by atoms with van der Waals surface area (Å²) in [6.45, 7) is 9.36. The van der Waals surface area contributed by atoms with Crippen molar-refractivity contribution < 1.29 is 24.5 Å². The largest absolute Gasteiger partial charge is 0.497 e. The van der Waals surface area contributed by atoms with E-state index in [4.69, 9.17) is 4.74 Å². The van der Waals surface area contributed by atoms with E-state index >= 15 is 0 Å². The van der Waals surface area contributed by atoms with Crippen molar-refractivity contribution in [2.75, 3.05) is 20.2 Å². The molecule has 2 amide bonds. The first-order valence-electron chi connectivity index (χ1n) is 17.9. The Kier molecular flexibility index (Phi) is 8.28. The molecule has 8 rings (SSSR count). The van der Waals surface area contributed by atoms with Crippen molar-refractivity contribution in [3.63, 3.8) is 0 Å². The fourth-order valence-corrected chi connectivity index (χ4v) is 11.8. The molecule has 2 aromatic rings. The van der Waals surface area contributed by atoms with E-state index in [0.717, 1.165) is 44.1 Å². The van der Waals surface area contributed by atoms with Crippen LogP contribution in [0.25, 0.3) is 0 Å². The minimum Gasteiger partial charge on any atom is -0.497 e. The van der Waals surface area contributed by atoms with Crippen LogP contribution in [-0.4, -0.2) is 64.9 Å². The molecule has 8 atom stereocenters. The normalized spacial score (nSPS) is 37.8.